The third-order valence-electron chi connectivity index (χ3n) is 3.83. The van der Waals surface area contributed by atoms with E-state index < -0.39 is 0 Å². The van der Waals surface area contributed by atoms with Crippen molar-refractivity contribution in [1.82, 2.24) is 4.58 Å². The van der Waals surface area contributed by atoms with E-state index in [1.54, 1.807) is 0 Å². The molecule has 0 amide bonds. The fourth-order valence-electron chi connectivity index (χ4n) is 2.65. The molecule has 1 aliphatic heterocycles. The number of aryl methyl sites for hydroxylation is 1. The zero-order valence-corrected chi connectivity index (χ0v) is 12.3. The summed E-state index contributed by atoms with van der Waals surface area (Å²) < 4.78 is 8.41. The van der Waals surface area contributed by atoms with Crippen molar-refractivity contribution in [2.24, 2.45) is 0 Å². The minimum Gasteiger partial charge on any atom is -0.456 e. The number of benzene rings is 2. The molecule has 1 aliphatic carbocycles. The van der Waals surface area contributed by atoms with Gasteiger partial charge in [-0.2, -0.15) is 0 Å². The second-order valence-corrected chi connectivity index (χ2v) is 5.18. The van der Waals surface area contributed by atoms with Crippen molar-refractivity contribution in [1.29, 1.82) is 0 Å². The van der Waals surface area contributed by atoms with Crippen molar-refractivity contribution in [3.8, 4) is 11.3 Å². The molecule has 2 heteroatoms. The first-order valence-electron chi connectivity index (χ1n) is 7.23. The Morgan fingerprint density at radius 1 is 0.952 bits per heavy atom. The van der Waals surface area contributed by atoms with Crippen LogP contribution >= 0.6 is 0 Å². The van der Waals surface area contributed by atoms with Gasteiger partial charge in [-0.05, 0) is 44.5 Å². The average Bonchev–Trinajstić information content (AvgIpc) is 2.46. The summed E-state index contributed by atoms with van der Waals surface area (Å²) >= 11 is 0. The first-order chi connectivity index (χ1) is 9.71. The van der Waals surface area contributed by atoms with Gasteiger partial charge >= 0.3 is 0 Å². The van der Waals surface area contributed by atoms with E-state index in [9.17, 15) is 0 Å². The maximum atomic E-state index is 6.08. The van der Waals surface area contributed by atoms with E-state index in [-0.39, 0.29) is 7.43 Å². The predicted octanol–water partition coefficient (Wildman–Crippen LogP) is 4.29. The van der Waals surface area contributed by atoms with Gasteiger partial charge in [0.05, 0.1) is 6.07 Å². The van der Waals surface area contributed by atoms with Crippen LogP contribution in [0.4, 0.5) is 0 Å². The lowest BCUT2D eigenvalue weighted by Crippen LogP contribution is -2.29. The van der Waals surface area contributed by atoms with E-state index in [0.717, 1.165) is 35.4 Å². The normalized spacial score (nSPS) is 10.6. The summed E-state index contributed by atoms with van der Waals surface area (Å²) in [6, 6.07) is 15.0. The Balaban J connectivity index is 0.00000161. The molecule has 2 aliphatic rings. The SMILES string of the molecule is C.CC[N+](CC)=c1ccc2cc3ccc(C)cc3oc-2c1. The molecule has 0 saturated carbocycles. The minimum absolute atomic E-state index is 0. The van der Waals surface area contributed by atoms with E-state index in [2.05, 4.69) is 67.8 Å². The molecule has 0 aromatic heterocycles. The van der Waals surface area contributed by atoms with Crippen LogP contribution in [0, 0.1) is 6.92 Å². The number of hydrogen-bond acceptors (Lipinski definition) is 1. The molecule has 110 valence electrons. The Morgan fingerprint density at radius 3 is 2.43 bits per heavy atom. The monoisotopic (exact) mass is 282 g/mol. The van der Waals surface area contributed by atoms with Crippen molar-refractivity contribution in [3.05, 3.63) is 53.4 Å². The molecule has 0 spiro atoms. The standard InChI is InChI=1S/C18H20NO.CH4/c1-4-19(5-2)16-9-8-15-11-14-7-6-13(3)10-17(14)20-18(15)12-16;/h6-12H,4-5H2,1-3H3;1H4/q+1;. The molecule has 0 N–H and O–H groups in total. The molecular formula is C19H24NO+. The lowest BCUT2D eigenvalue weighted by Gasteiger charge is -2.07. The lowest BCUT2D eigenvalue weighted by atomic mass is 10.1. The second kappa shape index (κ2) is 6.13. The highest BCUT2D eigenvalue weighted by Gasteiger charge is 2.09. The molecule has 21 heavy (non-hydrogen) atoms. The number of nitrogens with zero attached hydrogens (tertiary/aromatic N) is 1. The first kappa shape index (κ1) is 15.3. The molecular weight excluding hydrogens is 258 g/mol. The fourth-order valence-corrected chi connectivity index (χ4v) is 2.65. The Morgan fingerprint density at radius 2 is 1.71 bits per heavy atom. The summed E-state index contributed by atoms with van der Waals surface area (Å²) in [6.07, 6.45) is 0. The maximum Gasteiger partial charge on any atom is 0.203 e. The van der Waals surface area contributed by atoms with Crippen LogP contribution in [0.5, 0.6) is 0 Å². The highest BCUT2D eigenvalue weighted by Crippen LogP contribution is 2.27. The smallest absolute Gasteiger partial charge is 0.203 e. The summed E-state index contributed by atoms with van der Waals surface area (Å²) in [5.74, 6) is 0.951. The molecule has 0 fully saturated rings. The molecule has 0 saturated heterocycles. The Labute approximate surface area is 126 Å². The van der Waals surface area contributed by atoms with Crippen LogP contribution in [0.15, 0.2) is 46.9 Å². The lowest BCUT2D eigenvalue weighted by molar-refractivity contribution is 0.604. The highest BCUT2D eigenvalue weighted by molar-refractivity contribution is 5.83. The Kier molecular flexibility index (Phi) is 4.46. The van der Waals surface area contributed by atoms with Gasteiger partial charge in [0.2, 0.25) is 5.36 Å². The third kappa shape index (κ3) is 2.85. The topological polar surface area (TPSA) is 16.1 Å². The van der Waals surface area contributed by atoms with Crippen molar-refractivity contribution in [2.45, 2.75) is 28.2 Å². The van der Waals surface area contributed by atoms with Gasteiger partial charge in [0.1, 0.15) is 24.4 Å². The predicted molar refractivity (Wildman–Crippen MR) is 90.7 cm³/mol. The molecule has 1 heterocycles. The van der Waals surface area contributed by atoms with Crippen LogP contribution < -0.4 is 9.93 Å². The molecule has 1 aromatic carbocycles. The van der Waals surface area contributed by atoms with Crippen LogP contribution in [0.3, 0.4) is 0 Å². The van der Waals surface area contributed by atoms with Gasteiger partial charge in [-0.1, -0.05) is 19.6 Å². The Bertz CT molecular complexity index is 792. The number of hydrogen-bond donors (Lipinski definition) is 0. The van der Waals surface area contributed by atoms with Gasteiger partial charge in [0.15, 0.2) is 0 Å². The van der Waals surface area contributed by atoms with Crippen LogP contribution in [0.25, 0.3) is 22.3 Å². The van der Waals surface area contributed by atoms with Crippen LogP contribution in [0.2, 0.25) is 0 Å². The highest BCUT2D eigenvalue weighted by atomic mass is 16.3. The van der Waals surface area contributed by atoms with E-state index in [0.29, 0.717) is 0 Å². The maximum absolute atomic E-state index is 6.08. The van der Waals surface area contributed by atoms with Crippen molar-refractivity contribution in [3.63, 3.8) is 0 Å². The van der Waals surface area contributed by atoms with E-state index in [1.807, 2.05) is 0 Å². The third-order valence-corrected chi connectivity index (χ3v) is 3.83. The van der Waals surface area contributed by atoms with Crippen molar-refractivity contribution >= 4 is 11.0 Å². The van der Waals surface area contributed by atoms with Crippen LogP contribution in [-0.4, -0.2) is 13.1 Å². The summed E-state index contributed by atoms with van der Waals surface area (Å²) in [5.41, 5.74) is 3.33. The number of fused-ring (bicyclic) bond motifs is 2. The van der Waals surface area contributed by atoms with E-state index in [4.69, 9.17) is 4.42 Å². The zero-order chi connectivity index (χ0) is 14.1. The molecule has 0 radical (unpaired) electrons. The largest absolute Gasteiger partial charge is 0.456 e. The van der Waals surface area contributed by atoms with E-state index >= 15 is 0 Å². The summed E-state index contributed by atoms with van der Waals surface area (Å²) in [4.78, 5) is 0. The van der Waals surface area contributed by atoms with Gasteiger partial charge in [0, 0.05) is 17.0 Å². The Hall–Kier alpha value is -2.09. The molecule has 0 unspecified atom stereocenters. The van der Waals surface area contributed by atoms with Gasteiger partial charge in [0.25, 0.3) is 0 Å². The van der Waals surface area contributed by atoms with Gasteiger partial charge in [-0.15, -0.1) is 0 Å². The summed E-state index contributed by atoms with van der Waals surface area (Å²) in [7, 11) is 0. The van der Waals surface area contributed by atoms with Crippen molar-refractivity contribution < 1.29 is 4.42 Å². The van der Waals surface area contributed by atoms with Gasteiger partial charge in [-0.3, -0.25) is 0 Å². The van der Waals surface area contributed by atoms with Gasteiger partial charge in [-0.25, -0.2) is 4.58 Å². The van der Waals surface area contributed by atoms with Gasteiger partial charge < -0.3 is 4.42 Å². The van der Waals surface area contributed by atoms with Crippen LogP contribution in [-0.2, 0) is 0 Å². The molecule has 1 aromatic rings. The number of rotatable bonds is 2. The zero-order valence-electron chi connectivity index (χ0n) is 12.3. The van der Waals surface area contributed by atoms with Crippen LogP contribution in [0.1, 0.15) is 26.8 Å². The summed E-state index contributed by atoms with van der Waals surface area (Å²) in [5, 5.41) is 2.37. The average molecular weight is 282 g/mol. The van der Waals surface area contributed by atoms with E-state index in [1.165, 1.54) is 10.9 Å². The molecule has 2 nitrogen and oxygen atoms in total. The minimum atomic E-state index is 0. The summed E-state index contributed by atoms with van der Waals surface area (Å²) in [6.45, 7) is 8.46. The molecule has 3 rings (SSSR count). The second-order valence-electron chi connectivity index (χ2n) is 5.18. The fraction of sp³-hybridized carbons (Fsp3) is 0.316. The van der Waals surface area contributed by atoms with Crippen molar-refractivity contribution in [2.75, 3.05) is 13.1 Å². The first-order valence-corrected chi connectivity index (χ1v) is 7.23. The molecule has 0 bridgehead atoms. The quantitative estimate of drug-likeness (QED) is 0.506. The molecule has 0 atom stereocenters.